The molecule has 4 heteroatoms. The smallest absolute Gasteiger partial charge is 0.251 e. The molecule has 1 aromatic carbocycles. The first kappa shape index (κ1) is 12.5. The molecule has 0 spiro atoms. The number of benzene rings is 1. The summed E-state index contributed by atoms with van der Waals surface area (Å²) in [6.07, 6.45) is 1.13. The zero-order chi connectivity index (χ0) is 12.0. The number of hydrogen-bond donors (Lipinski definition) is 3. The largest absolute Gasteiger partial charge is 0.399 e. The average molecular weight is 222 g/mol. The predicted octanol–water partition coefficient (Wildman–Crippen LogP) is 1.16. The van der Waals surface area contributed by atoms with Gasteiger partial charge in [0.25, 0.3) is 5.91 Å². The van der Waals surface area contributed by atoms with Gasteiger partial charge in [-0.25, -0.2) is 0 Å². The SMILES string of the molecule is CCCC(O)CNC(=O)c1ccc(N)cc1. The molecule has 1 aromatic rings. The molecular formula is C12H18N2O2. The summed E-state index contributed by atoms with van der Waals surface area (Å²) in [5.41, 5.74) is 6.70. The number of carbonyl (C=O) groups is 1. The highest BCUT2D eigenvalue weighted by atomic mass is 16.3. The number of rotatable bonds is 5. The minimum atomic E-state index is -0.470. The number of nitrogens with one attached hydrogen (secondary N) is 1. The molecule has 0 radical (unpaired) electrons. The maximum absolute atomic E-state index is 11.6. The van der Waals surface area contributed by atoms with E-state index in [4.69, 9.17) is 5.73 Å². The van der Waals surface area contributed by atoms with Gasteiger partial charge < -0.3 is 16.2 Å². The van der Waals surface area contributed by atoms with Crippen molar-refractivity contribution in [3.8, 4) is 0 Å². The highest BCUT2D eigenvalue weighted by molar-refractivity contribution is 5.94. The van der Waals surface area contributed by atoms with Crippen molar-refractivity contribution in [3.63, 3.8) is 0 Å². The fraction of sp³-hybridized carbons (Fsp3) is 0.417. The zero-order valence-electron chi connectivity index (χ0n) is 9.44. The lowest BCUT2D eigenvalue weighted by Gasteiger charge is -2.10. The van der Waals surface area contributed by atoms with E-state index in [0.29, 0.717) is 17.7 Å². The van der Waals surface area contributed by atoms with Gasteiger partial charge in [-0.3, -0.25) is 4.79 Å². The van der Waals surface area contributed by atoms with Crippen LogP contribution in [0.1, 0.15) is 30.1 Å². The van der Waals surface area contributed by atoms with Crippen LogP contribution in [0.3, 0.4) is 0 Å². The quantitative estimate of drug-likeness (QED) is 0.654. The molecule has 0 bridgehead atoms. The third-order valence-electron chi connectivity index (χ3n) is 2.29. The van der Waals surface area contributed by atoms with E-state index >= 15 is 0 Å². The lowest BCUT2D eigenvalue weighted by Crippen LogP contribution is -2.31. The second-order valence-corrected chi connectivity index (χ2v) is 3.77. The molecule has 0 saturated carbocycles. The molecule has 0 aliphatic carbocycles. The Labute approximate surface area is 95.5 Å². The standard InChI is InChI=1S/C12H18N2O2/c1-2-3-11(15)8-14-12(16)9-4-6-10(13)7-5-9/h4-7,11,15H,2-3,8,13H2,1H3,(H,14,16). The number of nitrogens with two attached hydrogens (primary N) is 1. The summed E-state index contributed by atoms with van der Waals surface area (Å²) in [5, 5.41) is 12.1. The van der Waals surface area contributed by atoms with E-state index in [1.54, 1.807) is 24.3 Å². The summed E-state index contributed by atoms with van der Waals surface area (Å²) in [5.74, 6) is -0.185. The van der Waals surface area contributed by atoms with Crippen molar-refractivity contribution in [2.45, 2.75) is 25.9 Å². The van der Waals surface area contributed by atoms with Crippen LogP contribution in [0.4, 0.5) is 5.69 Å². The molecule has 0 aliphatic heterocycles. The van der Waals surface area contributed by atoms with Crippen molar-refractivity contribution in [2.24, 2.45) is 0 Å². The number of nitrogen functional groups attached to an aromatic ring is 1. The van der Waals surface area contributed by atoms with Crippen LogP contribution in [0.25, 0.3) is 0 Å². The summed E-state index contributed by atoms with van der Waals surface area (Å²) < 4.78 is 0. The Kier molecular flexibility index (Phi) is 4.79. The van der Waals surface area contributed by atoms with Gasteiger partial charge in [-0.05, 0) is 30.7 Å². The van der Waals surface area contributed by atoms with Crippen LogP contribution in [0.5, 0.6) is 0 Å². The van der Waals surface area contributed by atoms with Gasteiger partial charge >= 0.3 is 0 Å². The van der Waals surface area contributed by atoms with Crippen LogP contribution in [-0.2, 0) is 0 Å². The van der Waals surface area contributed by atoms with E-state index in [9.17, 15) is 9.90 Å². The topological polar surface area (TPSA) is 75.3 Å². The van der Waals surface area contributed by atoms with E-state index in [1.807, 2.05) is 6.92 Å². The first-order chi connectivity index (χ1) is 7.63. The second-order valence-electron chi connectivity index (χ2n) is 3.77. The number of hydrogen-bond acceptors (Lipinski definition) is 3. The molecule has 0 aliphatic rings. The molecule has 88 valence electrons. The van der Waals surface area contributed by atoms with E-state index in [1.165, 1.54) is 0 Å². The van der Waals surface area contributed by atoms with Gasteiger partial charge in [0.15, 0.2) is 0 Å². The Morgan fingerprint density at radius 3 is 2.62 bits per heavy atom. The molecular weight excluding hydrogens is 204 g/mol. The van der Waals surface area contributed by atoms with Crippen LogP contribution in [0.2, 0.25) is 0 Å². The van der Waals surface area contributed by atoms with Crippen LogP contribution in [0.15, 0.2) is 24.3 Å². The van der Waals surface area contributed by atoms with E-state index < -0.39 is 6.10 Å². The van der Waals surface area contributed by atoms with Gasteiger partial charge in [-0.1, -0.05) is 13.3 Å². The molecule has 16 heavy (non-hydrogen) atoms. The molecule has 0 fully saturated rings. The number of carbonyl (C=O) groups excluding carboxylic acids is 1. The Morgan fingerprint density at radius 2 is 2.06 bits per heavy atom. The van der Waals surface area contributed by atoms with Crippen molar-refractivity contribution < 1.29 is 9.90 Å². The summed E-state index contributed by atoms with van der Waals surface area (Å²) in [7, 11) is 0. The van der Waals surface area contributed by atoms with Gasteiger partial charge in [-0.2, -0.15) is 0 Å². The van der Waals surface area contributed by atoms with Gasteiger partial charge in [0.05, 0.1) is 6.10 Å². The molecule has 4 N–H and O–H groups in total. The first-order valence-electron chi connectivity index (χ1n) is 5.45. The molecule has 1 atom stereocenters. The zero-order valence-corrected chi connectivity index (χ0v) is 9.44. The lowest BCUT2D eigenvalue weighted by molar-refractivity contribution is 0.0910. The van der Waals surface area contributed by atoms with E-state index in [0.717, 1.165) is 6.42 Å². The third-order valence-corrected chi connectivity index (χ3v) is 2.29. The Bertz CT molecular complexity index is 335. The van der Waals surface area contributed by atoms with Crippen molar-refractivity contribution in [2.75, 3.05) is 12.3 Å². The minimum absolute atomic E-state index is 0.185. The van der Waals surface area contributed by atoms with Gasteiger partial charge in [-0.15, -0.1) is 0 Å². The van der Waals surface area contributed by atoms with Crippen molar-refractivity contribution in [1.82, 2.24) is 5.32 Å². The number of aliphatic hydroxyl groups is 1. The number of amides is 1. The molecule has 0 saturated heterocycles. The van der Waals surface area contributed by atoms with Crippen molar-refractivity contribution >= 4 is 11.6 Å². The van der Waals surface area contributed by atoms with E-state index in [-0.39, 0.29) is 12.5 Å². The predicted molar refractivity (Wildman–Crippen MR) is 64.1 cm³/mol. The van der Waals surface area contributed by atoms with Gasteiger partial charge in [0, 0.05) is 17.8 Å². The second kappa shape index (κ2) is 6.12. The average Bonchev–Trinajstić information content (AvgIpc) is 2.27. The molecule has 0 aromatic heterocycles. The molecule has 1 amide bonds. The van der Waals surface area contributed by atoms with Crippen LogP contribution in [0, 0.1) is 0 Å². The van der Waals surface area contributed by atoms with Gasteiger partial charge in [0.2, 0.25) is 0 Å². The fourth-order valence-corrected chi connectivity index (χ4v) is 1.38. The lowest BCUT2D eigenvalue weighted by atomic mass is 10.2. The summed E-state index contributed by atoms with van der Waals surface area (Å²) in [4.78, 5) is 11.6. The van der Waals surface area contributed by atoms with Crippen molar-refractivity contribution in [3.05, 3.63) is 29.8 Å². The van der Waals surface area contributed by atoms with Gasteiger partial charge in [0.1, 0.15) is 0 Å². The van der Waals surface area contributed by atoms with Crippen LogP contribution >= 0.6 is 0 Å². The number of anilines is 1. The summed E-state index contributed by atoms with van der Waals surface area (Å²) in [6, 6.07) is 6.68. The maximum Gasteiger partial charge on any atom is 0.251 e. The first-order valence-corrected chi connectivity index (χ1v) is 5.45. The Balaban J connectivity index is 2.43. The molecule has 1 rings (SSSR count). The monoisotopic (exact) mass is 222 g/mol. The van der Waals surface area contributed by atoms with E-state index in [2.05, 4.69) is 5.32 Å². The molecule has 4 nitrogen and oxygen atoms in total. The van der Waals surface area contributed by atoms with Crippen LogP contribution in [-0.4, -0.2) is 23.7 Å². The minimum Gasteiger partial charge on any atom is -0.399 e. The molecule has 0 heterocycles. The van der Waals surface area contributed by atoms with Crippen molar-refractivity contribution in [1.29, 1.82) is 0 Å². The Hall–Kier alpha value is -1.55. The third kappa shape index (κ3) is 3.90. The maximum atomic E-state index is 11.6. The highest BCUT2D eigenvalue weighted by Crippen LogP contribution is 2.05. The molecule has 1 unspecified atom stereocenters. The number of aliphatic hydroxyl groups excluding tert-OH is 1. The fourth-order valence-electron chi connectivity index (χ4n) is 1.38. The normalized spacial score (nSPS) is 12.1. The summed E-state index contributed by atoms with van der Waals surface area (Å²) in [6.45, 7) is 2.28. The summed E-state index contributed by atoms with van der Waals surface area (Å²) >= 11 is 0. The Morgan fingerprint density at radius 1 is 1.44 bits per heavy atom. The van der Waals surface area contributed by atoms with Crippen LogP contribution < -0.4 is 11.1 Å². The highest BCUT2D eigenvalue weighted by Gasteiger charge is 2.07.